The Morgan fingerprint density at radius 3 is 2.67 bits per heavy atom. The third-order valence-corrected chi connectivity index (χ3v) is 2.50. The summed E-state index contributed by atoms with van der Waals surface area (Å²) in [5, 5.41) is 0. The van der Waals surface area contributed by atoms with E-state index in [1.165, 1.54) is 0 Å². The highest BCUT2D eigenvalue weighted by Crippen LogP contribution is 2.17. The molecule has 0 aliphatic rings. The van der Waals surface area contributed by atoms with Crippen LogP contribution in [0, 0.1) is 0 Å². The molecule has 2 heterocycles. The highest BCUT2D eigenvalue weighted by molar-refractivity contribution is 5.73. The van der Waals surface area contributed by atoms with Crippen LogP contribution in [0.1, 0.15) is 38.2 Å². The molecule has 0 aromatic carbocycles. The Kier molecular flexibility index (Phi) is 2.42. The lowest BCUT2D eigenvalue weighted by Crippen LogP contribution is -2.03. The monoisotopic (exact) mass is 204 g/mol. The van der Waals surface area contributed by atoms with Crippen molar-refractivity contribution in [2.24, 2.45) is 7.05 Å². The van der Waals surface area contributed by atoms with Crippen LogP contribution in [0.3, 0.4) is 0 Å². The van der Waals surface area contributed by atoms with Crippen LogP contribution < -0.4 is 0 Å². The summed E-state index contributed by atoms with van der Waals surface area (Å²) in [6.07, 6.45) is 2.69. The van der Waals surface area contributed by atoms with Gasteiger partial charge in [0.1, 0.15) is 11.3 Å². The fourth-order valence-corrected chi connectivity index (χ4v) is 1.59. The lowest BCUT2D eigenvalue weighted by molar-refractivity contribution is 0.762. The van der Waals surface area contributed by atoms with Crippen molar-refractivity contribution in [3.05, 3.63) is 17.8 Å². The molecule has 2 aromatic heterocycles. The third kappa shape index (κ3) is 1.60. The minimum absolute atomic E-state index is 0.356. The Hall–Kier alpha value is -1.45. The van der Waals surface area contributed by atoms with Crippen molar-refractivity contribution >= 4 is 11.2 Å². The SMILES string of the molecule is CCc1nc(C(C)C)nc2c1ncn2C. The molecule has 0 amide bonds. The topological polar surface area (TPSA) is 43.6 Å². The van der Waals surface area contributed by atoms with Crippen LogP contribution in [-0.4, -0.2) is 19.5 Å². The molecule has 0 aliphatic carbocycles. The van der Waals surface area contributed by atoms with Crippen LogP contribution >= 0.6 is 0 Å². The summed E-state index contributed by atoms with van der Waals surface area (Å²) in [7, 11) is 1.96. The van der Waals surface area contributed by atoms with Crippen LogP contribution in [-0.2, 0) is 13.5 Å². The van der Waals surface area contributed by atoms with Crippen LogP contribution in [0.5, 0.6) is 0 Å². The van der Waals surface area contributed by atoms with Crippen molar-refractivity contribution in [3.8, 4) is 0 Å². The maximum absolute atomic E-state index is 4.55. The number of hydrogen-bond acceptors (Lipinski definition) is 3. The molecule has 0 bridgehead atoms. The second-order valence-electron chi connectivity index (χ2n) is 4.06. The first-order chi connectivity index (χ1) is 7.13. The number of aromatic nitrogens is 4. The second kappa shape index (κ2) is 3.61. The maximum Gasteiger partial charge on any atom is 0.163 e. The van der Waals surface area contributed by atoms with Gasteiger partial charge in [0.15, 0.2) is 5.65 Å². The highest BCUT2D eigenvalue weighted by Gasteiger charge is 2.12. The van der Waals surface area contributed by atoms with E-state index in [0.29, 0.717) is 5.92 Å². The Labute approximate surface area is 89.4 Å². The van der Waals surface area contributed by atoms with Gasteiger partial charge in [-0.05, 0) is 6.42 Å². The van der Waals surface area contributed by atoms with Crippen molar-refractivity contribution < 1.29 is 0 Å². The van der Waals surface area contributed by atoms with Gasteiger partial charge in [-0.25, -0.2) is 15.0 Å². The summed E-state index contributed by atoms with van der Waals surface area (Å²) < 4.78 is 1.95. The number of fused-ring (bicyclic) bond motifs is 1. The van der Waals surface area contributed by atoms with Gasteiger partial charge in [-0.3, -0.25) is 0 Å². The second-order valence-corrected chi connectivity index (χ2v) is 4.06. The van der Waals surface area contributed by atoms with E-state index in [1.807, 2.05) is 11.6 Å². The fraction of sp³-hybridized carbons (Fsp3) is 0.545. The fourth-order valence-electron chi connectivity index (χ4n) is 1.59. The van der Waals surface area contributed by atoms with Gasteiger partial charge in [0.2, 0.25) is 0 Å². The zero-order valence-electron chi connectivity index (χ0n) is 9.65. The molecular formula is C11H16N4. The van der Waals surface area contributed by atoms with Gasteiger partial charge in [-0.1, -0.05) is 20.8 Å². The molecule has 80 valence electrons. The molecular weight excluding hydrogens is 188 g/mol. The molecule has 0 N–H and O–H groups in total. The van der Waals surface area contributed by atoms with Crippen LogP contribution in [0.2, 0.25) is 0 Å². The molecule has 15 heavy (non-hydrogen) atoms. The van der Waals surface area contributed by atoms with E-state index in [4.69, 9.17) is 0 Å². The molecule has 4 heteroatoms. The van der Waals surface area contributed by atoms with Gasteiger partial charge in [-0.15, -0.1) is 0 Å². The molecule has 0 spiro atoms. The Morgan fingerprint density at radius 1 is 1.33 bits per heavy atom. The molecule has 2 rings (SSSR count). The van der Waals surface area contributed by atoms with Gasteiger partial charge >= 0.3 is 0 Å². The maximum atomic E-state index is 4.55. The molecule has 2 aromatic rings. The minimum Gasteiger partial charge on any atom is -0.318 e. The molecule has 0 aliphatic heterocycles. The van der Waals surface area contributed by atoms with E-state index >= 15 is 0 Å². The Balaban J connectivity index is 2.74. The smallest absolute Gasteiger partial charge is 0.163 e. The van der Waals surface area contributed by atoms with E-state index in [1.54, 1.807) is 6.33 Å². The third-order valence-electron chi connectivity index (χ3n) is 2.50. The van der Waals surface area contributed by atoms with E-state index in [2.05, 4.69) is 35.7 Å². The van der Waals surface area contributed by atoms with E-state index in [9.17, 15) is 0 Å². The van der Waals surface area contributed by atoms with E-state index < -0.39 is 0 Å². The zero-order valence-corrected chi connectivity index (χ0v) is 9.65. The summed E-state index contributed by atoms with van der Waals surface area (Å²) in [6, 6.07) is 0. The van der Waals surface area contributed by atoms with Crippen molar-refractivity contribution in [2.45, 2.75) is 33.1 Å². The molecule has 0 unspecified atom stereocenters. The predicted molar refractivity (Wildman–Crippen MR) is 59.8 cm³/mol. The highest BCUT2D eigenvalue weighted by atomic mass is 15.1. The van der Waals surface area contributed by atoms with Gasteiger partial charge < -0.3 is 4.57 Å². The van der Waals surface area contributed by atoms with E-state index in [0.717, 1.165) is 29.1 Å². The normalized spacial score (nSPS) is 11.5. The lowest BCUT2D eigenvalue weighted by atomic mass is 10.2. The summed E-state index contributed by atoms with van der Waals surface area (Å²) in [5.74, 6) is 1.26. The number of hydrogen-bond donors (Lipinski definition) is 0. The summed E-state index contributed by atoms with van der Waals surface area (Å²) >= 11 is 0. The average Bonchev–Trinajstić information content (AvgIpc) is 2.59. The minimum atomic E-state index is 0.356. The van der Waals surface area contributed by atoms with Crippen molar-refractivity contribution in [3.63, 3.8) is 0 Å². The Morgan fingerprint density at radius 2 is 2.07 bits per heavy atom. The molecule has 0 fully saturated rings. The van der Waals surface area contributed by atoms with Crippen molar-refractivity contribution in [2.75, 3.05) is 0 Å². The van der Waals surface area contributed by atoms with E-state index in [-0.39, 0.29) is 0 Å². The first kappa shape index (κ1) is 10.1. The molecule has 0 saturated heterocycles. The van der Waals surface area contributed by atoms with Crippen LogP contribution in [0.15, 0.2) is 6.33 Å². The van der Waals surface area contributed by atoms with Crippen molar-refractivity contribution in [1.29, 1.82) is 0 Å². The Bertz CT molecular complexity index is 485. The van der Waals surface area contributed by atoms with Gasteiger partial charge in [0, 0.05) is 13.0 Å². The van der Waals surface area contributed by atoms with Crippen molar-refractivity contribution in [1.82, 2.24) is 19.5 Å². The van der Waals surface area contributed by atoms with Gasteiger partial charge in [-0.2, -0.15) is 0 Å². The molecule has 0 saturated carbocycles. The quantitative estimate of drug-likeness (QED) is 0.752. The van der Waals surface area contributed by atoms with Crippen LogP contribution in [0.4, 0.5) is 0 Å². The molecule has 4 nitrogen and oxygen atoms in total. The standard InChI is InChI=1S/C11H16N4/c1-5-8-9-11(15(4)6-12-9)14-10(13-8)7(2)3/h6-7H,5H2,1-4H3. The first-order valence-electron chi connectivity index (χ1n) is 5.31. The number of nitrogens with zero attached hydrogens (tertiary/aromatic N) is 4. The lowest BCUT2D eigenvalue weighted by Gasteiger charge is -2.06. The predicted octanol–water partition coefficient (Wildman–Crippen LogP) is 2.05. The first-order valence-corrected chi connectivity index (χ1v) is 5.31. The average molecular weight is 204 g/mol. The number of imidazole rings is 1. The van der Waals surface area contributed by atoms with Gasteiger partial charge in [0.25, 0.3) is 0 Å². The summed E-state index contributed by atoms with van der Waals surface area (Å²) in [4.78, 5) is 13.4. The zero-order chi connectivity index (χ0) is 11.0. The molecule has 0 radical (unpaired) electrons. The van der Waals surface area contributed by atoms with Crippen LogP contribution in [0.25, 0.3) is 11.2 Å². The van der Waals surface area contributed by atoms with Gasteiger partial charge in [0.05, 0.1) is 12.0 Å². The molecule has 0 atom stereocenters. The number of aryl methyl sites for hydroxylation is 2. The number of rotatable bonds is 2. The summed E-state index contributed by atoms with van der Waals surface area (Å²) in [6.45, 7) is 6.31. The summed E-state index contributed by atoms with van der Waals surface area (Å²) in [5.41, 5.74) is 2.92. The largest absolute Gasteiger partial charge is 0.318 e.